The van der Waals surface area contributed by atoms with Crippen LogP contribution in [-0.4, -0.2) is 56.4 Å². The molecular formula is C17H19NO5. The molecule has 0 bridgehead atoms. The van der Waals surface area contributed by atoms with Crippen LogP contribution in [0.1, 0.15) is 11.7 Å². The molecule has 23 heavy (non-hydrogen) atoms. The van der Waals surface area contributed by atoms with Gasteiger partial charge >= 0.3 is 0 Å². The number of aromatic nitrogens is 1. The maximum atomic E-state index is 10.2. The predicted molar refractivity (Wildman–Crippen MR) is 82.4 cm³/mol. The van der Waals surface area contributed by atoms with Crippen LogP contribution >= 0.6 is 0 Å². The minimum atomic E-state index is -1.38. The Balaban J connectivity index is 1.92. The van der Waals surface area contributed by atoms with E-state index >= 15 is 0 Å². The Kier molecular flexibility index (Phi) is 4.70. The van der Waals surface area contributed by atoms with Crippen molar-refractivity contribution in [1.29, 1.82) is 0 Å². The van der Waals surface area contributed by atoms with E-state index in [4.69, 9.17) is 4.74 Å². The molecule has 6 nitrogen and oxygen atoms in total. The van der Waals surface area contributed by atoms with Crippen molar-refractivity contribution in [3.05, 3.63) is 54.4 Å². The molecule has 0 spiro atoms. The van der Waals surface area contributed by atoms with Crippen LogP contribution in [0.2, 0.25) is 0 Å². The van der Waals surface area contributed by atoms with Gasteiger partial charge in [-0.05, 0) is 28.8 Å². The van der Waals surface area contributed by atoms with Crippen molar-refractivity contribution in [2.24, 2.45) is 0 Å². The minimum absolute atomic E-state index is 0.441. The van der Waals surface area contributed by atoms with Crippen LogP contribution < -0.4 is 0 Å². The summed E-state index contributed by atoms with van der Waals surface area (Å²) in [4.78, 5) is 4.08. The zero-order valence-electron chi connectivity index (χ0n) is 12.4. The first-order valence-electron chi connectivity index (χ1n) is 7.42. The largest absolute Gasteiger partial charge is 0.394 e. The number of pyridine rings is 1. The van der Waals surface area contributed by atoms with Gasteiger partial charge in [0.1, 0.15) is 30.5 Å². The van der Waals surface area contributed by atoms with Crippen molar-refractivity contribution >= 4 is 0 Å². The fraction of sp³-hybridized carbons (Fsp3) is 0.353. The van der Waals surface area contributed by atoms with Crippen LogP contribution in [0.5, 0.6) is 0 Å². The van der Waals surface area contributed by atoms with E-state index in [1.807, 2.05) is 30.3 Å². The molecule has 1 aliphatic rings. The lowest BCUT2D eigenvalue weighted by Crippen LogP contribution is -2.55. The smallest absolute Gasteiger partial charge is 0.113 e. The predicted octanol–water partition coefficient (Wildman–Crippen LogP) is 0.263. The molecule has 1 aromatic heterocycles. The first-order valence-corrected chi connectivity index (χ1v) is 7.42. The molecule has 1 fully saturated rings. The fourth-order valence-corrected chi connectivity index (χ4v) is 2.81. The molecule has 1 aromatic carbocycles. The zero-order valence-corrected chi connectivity index (χ0v) is 12.4. The average molecular weight is 317 g/mol. The molecule has 1 saturated heterocycles. The summed E-state index contributed by atoms with van der Waals surface area (Å²) in [6.45, 7) is -0.441. The van der Waals surface area contributed by atoms with Gasteiger partial charge in [-0.15, -0.1) is 0 Å². The molecule has 2 heterocycles. The molecule has 6 heteroatoms. The van der Waals surface area contributed by atoms with Crippen LogP contribution in [0.25, 0.3) is 11.1 Å². The van der Waals surface area contributed by atoms with Gasteiger partial charge < -0.3 is 25.2 Å². The molecule has 1 aliphatic heterocycles. The maximum Gasteiger partial charge on any atom is 0.113 e. The number of nitrogens with zero attached hydrogens (tertiary/aromatic N) is 1. The van der Waals surface area contributed by atoms with E-state index in [2.05, 4.69) is 4.98 Å². The number of hydrogen-bond acceptors (Lipinski definition) is 6. The van der Waals surface area contributed by atoms with Crippen LogP contribution in [0.4, 0.5) is 0 Å². The van der Waals surface area contributed by atoms with E-state index in [0.29, 0.717) is 5.56 Å². The van der Waals surface area contributed by atoms with Gasteiger partial charge in [0.25, 0.3) is 0 Å². The molecule has 0 radical (unpaired) electrons. The number of benzene rings is 1. The summed E-state index contributed by atoms with van der Waals surface area (Å²) in [5.74, 6) is 0. The molecule has 0 saturated carbocycles. The maximum absolute atomic E-state index is 10.2. The molecule has 3 rings (SSSR count). The van der Waals surface area contributed by atoms with Crippen molar-refractivity contribution in [1.82, 2.24) is 4.98 Å². The molecule has 5 atom stereocenters. The van der Waals surface area contributed by atoms with E-state index in [9.17, 15) is 20.4 Å². The van der Waals surface area contributed by atoms with Crippen molar-refractivity contribution in [3.63, 3.8) is 0 Å². The van der Waals surface area contributed by atoms with Crippen LogP contribution in [0, 0.1) is 0 Å². The van der Waals surface area contributed by atoms with Gasteiger partial charge in [0.2, 0.25) is 0 Å². The van der Waals surface area contributed by atoms with Crippen LogP contribution in [-0.2, 0) is 4.74 Å². The summed E-state index contributed by atoms with van der Waals surface area (Å²) < 4.78 is 5.58. The van der Waals surface area contributed by atoms with E-state index in [0.717, 1.165) is 11.1 Å². The Morgan fingerprint density at radius 3 is 2.43 bits per heavy atom. The third kappa shape index (κ3) is 3.12. The normalized spacial score (nSPS) is 31.0. The lowest BCUT2D eigenvalue weighted by atomic mass is 9.90. The van der Waals surface area contributed by atoms with Crippen molar-refractivity contribution in [2.75, 3.05) is 6.61 Å². The van der Waals surface area contributed by atoms with Crippen LogP contribution in [0.3, 0.4) is 0 Å². The van der Waals surface area contributed by atoms with Gasteiger partial charge in [-0.3, -0.25) is 4.98 Å². The molecule has 4 N–H and O–H groups in total. The Morgan fingerprint density at radius 2 is 1.74 bits per heavy atom. The highest BCUT2D eigenvalue weighted by Gasteiger charge is 2.43. The topological polar surface area (TPSA) is 103 Å². The van der Waals surface area contributed by atoms with Gasteiger partial charge in [0, 0.05) is 12.4 Å². The summed E-state index contributed by atoms with van der Waals surface area (Å²) in [5.41, 5.74) is 2.47. The Labute approximate surface area is 133 Å². The second-order valence-electron chi connectivity index (χ2n) is 5.62. The van der Waals surface area contributed by atoms with Gasteiger partial charge in [0.15, 0.2) is 0 Å². The van der Waals surface area contributed by atoms with E-state index in [-0.39, 0.29) is 0 Å². The molecular weight excluding hydrogens is 298 g/mol. The van der Waals surface area contributed by atoms with Crippen molar-refractivity contribution in [2.45, 2.75) is 30.5 Å². The average Bonchev–Trinajstić information content (AvgIpc) is 2.61. The highest BCUT2D eigenvalue weighted by Crippen LogP contribution is 2.33. The number of hydrogen-bond donors (Lipinski definition) is 4. The van der Waals surface area contributed by atoms with Crippen LogP contribution in [0.15, 0.2) is 48.8 Å². The lowest BCUT2D eigenvalue weighted by molar-refractivity contribution is -0.231. The molecule has 0 amide bonds. The second kappa shape index (κ2) is 6.74. The summed E-state index contributed by atoms with van der Waals surface area (Å²) in [7, 11) is 0. The zero-order chi connectivity index (χ0) is 16.4. The highest BCUT2D eigenvalue weighted by atomic mass is 16.5. The van der Waals surface area contributed by atoms with Gasteiger partial charge in [-0.1, -0.05) is 24.3 Å². The van der Waals surface area contributed by atoms with E-state index in [1.165, 1.54) is 0 Å². The second-order valence-corrected chi connectivity index (χ2v) is 5.62. The minimum Gasteiger partial charge on any atom is -0.394 e. The standard InChI is InChI=1S/C17H19NO5/c19-9-13-14(20)15(21)16(22)17(23-13)11-4-1-3-10(7-11)12-5-2-6-18-8-12/h1-8,13-17,19-22H,9H2/t13-,14-,15+,16+,17-/m1/s1. The highest BCUT2D eigenvalue weighted by molar-refractivity contribution is 5.63. The monoisotopic (exact) mass is 317 g/mol. The Hall–Kier alpha value is -1.83. The summed E-state index contributed by atoms with van der Waals surface area (Å²) in [6.07, 6.45) is -2.35. The van der Waals surface area contributed by atoms with Gasteiger partial charge in [-0.25, -0.2) is 0 Å². The number of aliphatic hydroxyl groups excluding tert-OH is 4. The number of ether oxygens (including phenoxy) is 1. The SMILES string of the molecule is OC[C@H]1O[C@H](c2cccc(-c3cccnc3)c2)[C@@H](O)[C@@H](O)[C@@H]1O. The molecule has 0 aliphatic carbocycles. The summed E-state index contributed by atoms with van der Waals surface area (Å²) in [5, 5.41) is 39.3. The number of rotatable bonds is 3. The summed E-state index contributed by atoms with van der Waals surface area (Å²) in [6, 6.07) is 11.1. The third-order valence-corrected chi connectivity index (χ3v) is 4.10. The lowest BCUT2D eigenvalue weighted by Gasteiger charge is -2.40. The summed E-state index contributed by atoms with van der Waals surface area (Å²) >= 11 is 0. The van der Waals surface area contributed by atoms with E-state index in [1.54, 1.807) is 18.5 Å². The van der Waals surface area contributed by atoms with E-state index < -0.39 is 37.1 Å². The van der Waals surface area contributed by atoms with Crippen molar-refractivity contribution < 1.29 is 25.2 Å². The third-order valence-electron chi connectivity index (χ3n) is 4.10. The molecule has 122 valence electrons. The fourth-order valence-electron chi connectivity index (χ4n) is 2.81. The molecule has 0 unspecified atom stereocenters. The first kappa shape index (κ1) is 16.0. The first-order chi connectivity index (χ1) is 11.1. The molecule has 2 aromatic rings. The van der Waals surface area contributed by atoms with Gasteiger partial charge in [0.05, 0.1) is 6.61 Å². The van der Waals surface area contributed by atoms with Crippen molar-refractivity contribution in [3.8, 4) is 11.1 Å². The Bertz CT molecular complexity index is 648. The Morgan fingerprint density at radius 1 is 0.957 bits per heavy atom. The number of aliphatic hydroxyl groups is 4. The van der Waals surface area contributed by atoms with Gasteiger partial charge in [-0.2, -0.15) is 0 Å². The quantitative estimate of drug-likeness (QED) is 0.648.